The Morgan fingerprint density at radius 2 is 1.86 bits per heavy atom. The molecule has 2 saturated carbocycles. The highest BCUT2D eigenvalue weighted by Gasteiger charge is 2.54. The highest BCUT2D eigenvalue weighted by atomic mass is 32.2. The van der Waals surface area contributed by atoms with Crippen LogP contribution in [0.5, 0.6) is 5.75 Å². The van der Waals surface area contributed by atoms with Crippen LogP contribution in [0.15, 0.2) is 41.3 Å². The van der Waals surface area contributed by atoms with Gasteiger partial charge in [0.1, 0.15) is 11.5 Å². The molecule has 1 heterocycles. The highest BCUT2D eigenvalue weighted by molar-refractivity contribution is 7.91. The molecule has 0 aromatic heterocycles. The fourth-order valence-corrected chi connectivity index (χ4v) is 9.68. The molecule has 0 amide bonds. The normalized spacial score (nSPS) is 31.6. The minimum absolute atomic E-state index is 0.0471. The Morgan fingerprint density at radius 3 is 2.70 bits per heavy atom. The molecule has 5 atom stereocenters. The second kappa shape index (κ2) is 9.07. The molecule has 3 aliphatic carbocycles. The largest absolute Gasteiger partial charge is 0.427 e. The van der Waals surface area contributed by atoms with Gasteiger partial charge in [0.2, 0.25) is 0 Å². The molecule has 1 unspecified atom stereocenters. The lowest BCUT2D eigenvalue weighted by molar-refractivity contribution is -0.134. The zero-order valence-electron chi connectivity index (χ0n) is 21.8. The third kappa shape index (κ3) is 4.25. The van der Waals surface area contributed by atoms with Crippen molar-refractivity contribution in [2.75, 3.05) is 5.75 Å². The molecule has 2 fully saturated rings. The number of hydrogen-bond donors (Lipinski definition) is 0. The summed E-state index contributed by atoms with van der Waals surface area (Å²) in [5, 5.41) is 0. The van der Waals surface area contributed by atoms with Gasteiger partial charge in [-0.1, -0.05) is 30.7 Å². The first-order valence-electron chi connectivity index (χ1n) is 13.9. The number of aryl methyl sites for hydroxylation is 2. The Labute approximate surface area is 219 Å². The van der Waals surface area contributed by atoms with Gasteiger partial charge in [-0.3, -0.25) is 9.59 Å². The number of esters is 1. The van der Waals surface area contributed by atoms with Crippen LogP contribution in [0.25, 0.3) is 0 Å². The van der Waals surface area contributed by atoms with Crippen molar-refractivity contribution in [2.45, 2.75) is 88.4 Å². The first kappa shape index (κ1) is 24.8. The van der Waals surface area contributed by atoms with Gasteiger partial charge >= 0.3 is 5.97 Å². The Hall–Kier alpha value is -2.47. The van der Waals surface area contributed by atoms with Crippen LogP contribution >= 0.6 is 0 Å². The summed E-state index contributed by atoms with van der Waals surface area (Å²) in [5.74, 6) is 2.57. The van der Waals surface area contributed by atoms with E-state index in [9.17, 15) is 18.0 Å². The smallest absolute Gasteiger partial charge is 0.311 e. The number of carbonyl (C=O) groups excluding carboxylic acids is 2. The zero-order valence-corrected chi connectivity index (χ0v) is 22.6. The average Bonchev–Trinajstić information content (AvgIpc) is 3.17. The fraction of sp³-hybridized carbons (Fsp3) is 0.548. The number of Topliss-reactive ketones (excluding diaryl/α,β-unsaturated/α-hetero) is 1. The molecule has 0 spiro atoms. The van der Waals surface area contributed by atoms with Gasteiger partial charge < -0.3 is 4.74 Å². The maximum absolute atomic E-state index is 12.8. The van der Waals surface area contributed by atoms with E-state index in [1.165, 1.54) is 11.1 Å². The van der Waals surface area contributed by atoms with Crippen LogP contribution in [0, 0.1) is 24.2 Å². The number of ether oxygens (including phenoxy) is 1. The zero-order chi connectivity index (χ0) is 25.9. The molecule has 0 bridgehead atoms. The number of fused-ring (bicyclic) bond motifs is 6. The van der Waals surface area contributed by atoms with E-state index in [-0.39, 0.29) is 29.5 Å². The molecular formula is C31H36O5S. The number of benzene rings is 2. The first-order chi connectivity index (χ1) is 17.7. The second-order valence-corrected chi connectivity index (χ2v) is 14.1. The van der Waals surface area contributed by atoms with E-state index in [0.29, 0.717) is 47.0 Å². The number of rotatable bonds is 4. The predicted octanol–water partition coefficient (Wildman–Crippen LogP) is 6.07. The summed E-state index contributed by atoms with van der Waals surface area (Å²) in [6.07, 6.45) is 7.28. The van der Waals surface area contributed by atoms with E-state index in [4.69, 9.17) is 4.74 Å². The highest BCUT2D eigenvalue weighted by Crippen LogP contribution is 2.59. The minimum Gasteiger partial charge on any atom is -0.427 e. The SMILES string of the molecule is Cc1ccc2c(c1)C(CCC(=O)Oc1ccc3c(c1)CC[C@@H]1[C@@H]3CC[C@]3(C)C(=O)CC[C@@H]13)CCS2(=O)=O. The van der Waals surface area contributed by atoms with Crippen LogP contribution < -0.4 is 4.74 Å². The molecule has 2 aromatic rings. The lowest BCUT2D eigenvalue weighted by Gasteiger charge is -2.48. The van der Waals surface area contributed by atoms with Gasteiger partial charge in [0.05, 0.1) is 10.6 Å². The molecule has 2 aromatic carbocycles. The summed E-state index contributed by atoms with van der Waals surface area (Å²) in [4.78, 5) is 25.8. The minimum atomic E-state index is -3.24. The van der Waals surface area contributed by atoms with Crippen molar-refractivity contribution >= 4 is 21.6 Å². The van der Waals surface area contributed by atoms with E-state index in [0.717, 1.165) is 49.7 Å². The lowest BCUT2D eigenvalue weighted by atomic mass is 9.55. The first-order valence-corrected chi connectivity index (χ1v) is 15.5. The summed E-state index contributed by atoms with van der Waals surface area (Å²) in [5.41, 5.74) is 4.42. The van der Waals surface area contributed by atoms with Gasteiger partial charge in [0, 0.05) is 18.3 Å². The molecule has 0 radical (unpaired) electrons. The van der Waals surface area contributed by atoms with E-state index in [1.807, 2.05) is 31.2 Å². The van der Waals surface area contributed by atoms with E-state index >= 15 is 0 Å². The molecule has 6 rings (SSSR count). The van der Waals surface area contributed by atoms with Gasteiger partial charge in [-0.25, -0.2) is 8.42 Å². The van der Waals surface area contributed by atoms with Gasteiger partial charge in [-0.15, -0.1) is 0 Å². The van der Waals surface area contributed by atoms with Crippen molar-refractivity contribution in [2.24, 2.45) is 17.3 Å². The Balaban J connectivity index is 1.12. The van der Waals surface area contributed by atoms with Crippen LogP contribution in [-0.2, 0) is 25.8 Å². The summed E-state index contributed by atoms with van der Waals surface area (Å²) >= 11 is 0. The van der Waals surface area contributed by atoms with Crippen LogP contribution in [0.3, 0.4) is 0 Å². The van der Waals surface area contributed by atoms with E-state index in [1.54, 1.807) is 6.07 Å². The van der Waals surface area contributed by atoms with Crippen molar-refractivity contribution in [1.82, 2.24) is 0 Å². The molecule has 196 valence electrons. The topological polar surface area (TPSA) is 77.5 Å². The summed E-state index contributed by atoms with van der Waals surface area (Å²) < 4.78 is 30.7. The molecular weight excluding hydrogens is 484 g/mol. The monoisotopic (exact) mass is 520 g/mol. The van der Waals surface area contributed by atoms with Crippen molar-refractivity contribution in [3.05, 3.63) is 58.7 Å². The van der Waals surface area contributed by atoms with Crippen LogP contribution in [-0.4, -0.2) is 25.9 Å². The van der Waals surface area contributed by atoms with E-state index in [2.05, 4.69) is 13.0 Å². The third-order valence-corrected chi connectivity index (χ3v) is 11.8. The lowest BCUT2D eigenvalue weighted by Crippen LogP contribution is -2.42. The van der Waals surface area contributed by atoms with Crippen molar-refractivity contribution in [3.8, 4) is 5.75 Å². The standard InChI is InChI=1S/C31H36O5S/c1-19-3-10-28-26(17-19)20(14-16-37(28,34)35)5-12-30(33)36-22-6-8-23-21(18-22)4-7-25-24(23)13-15-31(2)27(25)9-11-29(31)32/h3,6,8,10,17-18,20,24-25,27H,4-5,7,9,11-16H2,1-2H3/t20?,24-,25-,27+,31+/m1/s1. The number of ketones is 1. The molecule has 37 heavy (non-hydrogen) atoms. The molecule has 4 aliphatic rings. The Morgan fingerprint density at radius 1 is 1.03 bits per heavy atom. The summed E-state index contributed by atoms with van der Waals surface area (Å²) in [6.45, 7) is 4.16. The van der Waals surface area contributed by atoms with Crippen molar-refractivity contribution in [3.63, 3.8) is 0 Å². The Kier molecular flexibility index (Phi) is 6.09. The molecule has 5 nitrogen and oxygen atoms in total. The van der Waals surface area contributed by atoms with Gasteiger partial charge in [-0.05, 0) is 110 Å². The molecule has 1 aliphatic heterocycles. The third-order valence-electron chi connectivity index (χ3n) is 10.0. The number of sulfone groups is 1. The van der Waals surface area contributed by atoms with Crippen molar-refractivity contribution in [1.29, 1.82) is 0 Å². The quantitative estimate of drug-likeness (QED) is 0.361. The maximum Gasteiger partial charge on any atom is 0.311 e. The Bertz CT molecular complexity index is 1380. The summed E-state index contributed by atoms with van der Waals surface area (Å²) in [7, 11) is -3.24. The predicted molar refractivity (Wildman–Crippen MR) is 142 cm³/mol. The fourth-order valence-electron chi connectivity index (χ4n) is 8.00. The van der Waals surface area contributed by atoms with Gasteiger partial charge in [0.15, 0.2) is 9.84 Å². The second-order valence-electron chi connectivity index (χ2n) is 12.1. The molecule has 0 saturated heterocycles. The maximum atomic E-state index is 12.8. The number of carbonyl (C=O) groups is 2. The molecule has 0 N–H and O–H groups in total. The van der Waals surface area contributed by atoms with Crippen LogP contribution in [0.4, 0.5) is 0 Å². The summed E-state index contributed by atoms with van der Waals surface area (Å²) in [6, 6.07) is 11.6. The van der Waals surface area contributed by atoms with Crippen LogP contribution in [0.1, 0.15) is 92.4 Å². The van der Waals surface area contributed by atoms with Gasteiger partial charge in [0.25, 0.3) is 0 Å². The average molecular weight is 521 g/mol. The molecule has 6 heteroatoms. The van der Waals surface area contributed by atoms with Crippen LogP contribution in [0.2, 0.25) is 0 Å². The number of hydrogen-bond acceptors (Lipinski definition) is 5. The van der Waals surface area contributed by atoms with E-state index < -0.39 is 9.84 Å². The van der Waals surface area contributed by atoms with Gasteiger partial charge in [-0.2, -0.15) is 0 Å². The van der Waals surface area contributed by atoms with Crippen molar-refractivity contribution < 1.29 is 22.7 Å².